The number of esters is 1. The number of ether oxygens (including phenoxy) is 1. The predicted octanol–water partition coefficient (Wildman–Crippen LogP) is 3.22. The molecule has 0 spiro atoms. The number of nitrogens with one attached hydrogen (secondary N) is 2. The van der Waals surface area contributed by atoms with E-state index in [-0.39, 0.29) is 19.2 Å². The molecule has 0 aliphatic carbocycles. The van der Waals surface area contributed by atoms with Crippen molar-refractivity contribution in [3.05, 3.63) is 53.5 Å². The standard InChI is InChI=1S/C20H24N4O3S/c1-4-27-18(25)15-11-22-19(26)23-16(15)12-28-20-21-9-10-24(20)17-8-6-5-7-14(17)13(2)3/h5-10,13H,4,11-12H2,1-3H3,(H2,22,23,26). The summed E-state index contributed by atoms with van der Waals surface area (Å²) < 4.78 is 7.14. The maximum atomic E-state index is 12.2. The van der Waals surface area contributed by atoms with Gasteiger partial charge >= 0.3 is 12.0 Å². The number of carbonyl (C=O) groups is 2. The molecule has 0 atom stereocenters. The number of thioether (sulfide) groups is 1. The van der Waals surface area contributed by atoms with Crippen LogP contribution in [-0.2, 0) is 9.53 Å². The van der Waals surface area contributed by atoms with Gasteiger partial charge in [-0.25, -0.2) is 14.6 Å². The van der Waals surface area contributed by atoms with Crippen molar-refractivity contribution in [2.45, 2.75) is 31.8 Å². The van der Waals surface area contributed by atoms with Crippen LogP contribution >= 0.6 is 11.8 Å². The SMILES string of the molecule is CCOC(=O)C1=C(CSc2nccn2-c2ccccc2C(C)C)NC(=O)NC1. The Morgan fingerprint density at radius 3 is 2.89 bits per heavy atom. The van der Waals surface area contributed by atoms with Crippen molar-refractivity contribution < 1.29 is 14.3 Å². The number of aromatic nitrogens is 2. The van der Waals surface area contributed by atoms with Crippen molar-refractivity contribution in [3.63, 3.8) is 0 Å². The third kappa shape index (κ3) is 4.39. The summed E-state index contributed by atoms with van der Waals surface area (Å²) in [4.78, 5) is 28.4. The summed E-state index contributed by atoms with van der Waals surface area (Å²) >= 11 is 1.46. The van der Waals surface area contributed by atoms with Gasteiger partial charge in [0.2, 0.25) is 0 Å². The minimum atomic E-state index is -0.418. The van der Waals surface area contributed by atoms with E-state index in [1.165, 1.54) is 17.3 Å². The van der Waals surface area contributed by atoms with Gasteiger partial charge in [0.25, 0.3) is 0 Å². The van der Waals surface area contributed by atoms with Crippen molar-refractivity contribution >= 4 is 23.8 Å². The molecule has 0 bridgehead atoms. The van der Waals surface area contributed by atoms with Gasteiger partial charge in [-0.15, -0.1) is 0 Å². The van der Waals surface area contributed by atoms with Gasteiger partial charge in [-0.2, -0.15) is 0 Å². The highest BCUT2D eigenvalue weighted by molar-refractivity contribution is 7.99. The first kappa shape index (κ1) is 20.0. The largest absolute Gasteiger partial charge is 0.463 e. The van der Waals surface area contributed by atoms with Crippen molar-refractivity contribution in [1.82, 2.24) is 20.2 Å². The zero-order valence-corrected chi connectivity index (χ0v) is 17.0. The minimum Gasteiger partial charge on any atom is -0.463 e. The Kier molecular flexibility index (Phi) is 6.41. The smallest absolute Gasteiger partial charge is 0.337 e. The molecule has 28 heavy (non-hydrogen) atoms. The summed E-state index contributed by atoms with van der Waals surface area (Å²) in [5, 5.41) is 6.13. The third-order valence-corrected chi connectivity index (χ3v) is 5.34. The fourth-order valence-electron chi connectivity index (χ4n) is 2.98. The van der Waals surface area contributed by atoms with Crippen LogP contribution < -0.4 is 10.6 Å². The number of imidazole rings is 1. The molecule has 1 aromatic heterocycles. The molecule has 1 aliphatic rings. The van der Waals surface area contributed by atoms with Gasteiger partial charge < -0.3 is 15.4 Å². The lowest BCUT2D eigenvalue weighted by Gasteiger charge is -2.21. The van der Waals surface area contributed by atoms with E-state index in [4.69, 9.17) is 4.74 Å². The fourth-order valence-corrected chi connectivity index (χ4v) is 3.93. The molecule has 0 saturated carbocycles. The first-order valence-corrected chi connectivity index (χ1v) is 10.2. The Hall–Kier alpha value is -2.74. The van der Waals surface area contributed by atoms with Crippen LogP contribution in [-0.4, -0.2) is 40.5 Å². The highest BCUT2D eigenvalue weighted by atomic mass is 32.2. The number of hydrogen-bond acceptors (Lipinski definition) is 5. The summed E-state index contributed by atoms with van der Waals surface area (Å²) in [5.74, 6) is 0.361. The highest BCUT2D eigenvalue weighted by Crippen LogP contribution is 2.28. The lowest BCUT2D eigenvalue weighted by molar-refractivity contribution is -0.138. The van der Waals surface area contributed by atoms with E-state index in [2.05, 4.69) is 41.6 Å². The second-order valence-electron chi connectivity index (χ2n) is 6.57. The molecular formula is C20H24N4O3S. The Morgan fingerprint density at radius 1 is 1.36 bits per heavy atom. The Labute approximate surface area is 168 Å². The van der Waals surface area contributed by atoms with Gasteiger partial charge in [0.05, 0.1) is 24.4 Å². The Morgan fingerprint density at radius 2 is 2.14 bits per heavy atom. The molecule has 0 fully saturated rings. The van der Waals surface area contributed by atoms with Crippen LogP contribution in [0.15, 0.2) is 53.1 Å². The van der Waals surface area contributed by atoms with E-state index >= 15 is 0 Å². The quantitative estimate of drug-likeness (QED) is 0.551. The van der Waals surface area contributed by atoms with Crippen LogP contribution in [0.25, 0.3) is 5.69 Å². The zero-order chi connectivity index (χ0) is 20.1. The van der Waals surface area contributed by atoms with Crippen molar-refractivity contribution in [2.24, 2.45) is 0 Å². The second-order valence-corrected chi connectivity index (χ2v) is 7.51. The van der Waals surface area contributed by atoms with Gasteiger partial charge in [-0.05, 0) is 24.5 Å². The number of benzene rings is 1. The number of urea groups is 1. The van der Waals surface area contributed by atoms with Crippen molar-refractivity contribution in [1.29, 1.82) is 0 Å². The average Bonchev–Trinajstić information content (AvgIpc) is 3.15. The first-order valence-electron chi connectivity index (χ1n) is 9.20. The summed E-state index contributed by atoms with van der Waals surface area (Å²) in [6.07, 6.45) is 3.67. The topological polar surface area (TPSA) is 85.2 Å². The van der Waals surface area contributed by atoms with E-state index in [1.54, 1.807) is 13.1 Å². The number of amides is 2. The number of para-hydroxylation sites is 1. The molecule has 0 saturated heterocycles. The molecule has 0 radical (unpaired) electrons. The van der Waals surface area contributed by atoms with Crippen LogP contribution in [0.1, 0.15) is 32.3 Å². The summed E-state index contributed by atoms with van der Waals surface area (Å²) in [6.45, 7) is 6.51. The van der Waals surface area contributed by atoms with E-state index in [0.717, 1.165) is 10.8 Å². The maximum Gasteiger partial charge on any atom is 0.337 e. The van der Waals surface area contributed by atoms with Crippen molar-refractivity contribution in [2.75, 3.05) is 18.9 Å². The molecule has 3 rings (SSSR count). The first-order chi connectivity index (χ1) is 13.5. The molecule has 148 valence electrons. The van der Waals surface area contributed by atoms with Gasteiger partial charge in [0.1, 0.15) is 0 Å². The molecule has 2 aromatic rings. The zero-order valence-electron chi connectivity index (χ0n) is 16.2. The van der Waals surface area contributed by atoms with E-state index in [0.29, 0.717) is 22.9 Å². The van der Waals surface area contributed by atoms with Crippen LogP contribution in [0.5, 0.6) is 0 Å². The van der Waals surface area contributed by atoms with Gasteiger partial charge in [0.15, 0.2) is 5.16 Å². The summed E-state index contributed by atoms with van der Waals surface area (Å²) in [6, 6.07) is 7.89. The number of carbonyl (C=O) groups excluding carboxylic acids is 2. The number of nitrogens with zero attached hydrogens (tertiary/aromatic N) is 2. The van der Waals surface area contributed by atoms with E-state index < -0.39 is 5.97 Å². The Bertz CT molecular complexity index is 904. The summed E-state index contributed by atoms with van der Waals surface area (Å²) in [7, 11) is 0. The average molecular weight is 401 g/mol. The molecule has 0 unspecified atom stereocenters. The number of rotatable bonds is 7. The molecule has 2 amide bonds. The molecular weight excluding hydrogens is 376 g/mol. The van der Waals surface area contributed by atoms with E-state index in [1.807, 2.05) is 22.9 Å². The van der Waals surface area contributed by atoms with Crippen molar-refractivity contribution in [3.8, 4) is 5.69 Å². The lowest BCUT2D eigenvalue weighted by Crippen LogP contribution is -2.44. The molecule has 1 aliphatic heterocycles. The van der Waals surface area contributed by atoms with Crippen LogP contribution in [0.3, 0.4) is 0 Å². The highest BCUT2D eigenvalue weighted by Gasteiger charge is 2.24. The molecule has 1 aromatic carbocycles. The van der Waals surface area contributed by atoms with Crippen LogP contribution in [0.4, 0.5) is 4.79 Å². The second kappa shape index (κ2) is 8.97. The third-order valence-electron chi connectivity index (χ3n) is 4.35. The van der Waals surface area contributed by atoms with Crippen LogP contribution in [0, 0.1) is 0 Å². The lowest BCUT2D eigenvalue weighted by atomic mass is 10.0. The normalized spacial score (nSPS) is 14.1. The Balaban J connectivity index is 1.85. The molecule has 2 heterocycles. The monoisotopic (exact) mass is 400 g/mol. The fraction of sp³-hybridized carbons (Fsp3) is 0.350. The number of hydrogen-bond donors (Lipinski definition) is 2. The molecule has 8 heteroatoms. The maximum absolute atomic E-state index is 12.2. The summed E-state index contributed by atoms with van der Waals surface area (Å²) in [5.41, 5.74) is 3.30. The minimum absolute atomic E-state index is 0.158. The van der Waals surface area contributed by atoms with Crippen LogP contribution in [0.2, 0.25) is 0 Å². The molecule has 7 nitrogen and oxygen atoms in total. The van der Waals surface area contributed by atoms with E-state index in [9.17, 15) is 9.59 Å². The predicted molar refractivity (Wildman–Crippen MR) is 109 cm³/mol. The van der Waals surface area contributed by atoms with Gasteiger partial charge in [-0.1, -0.05) is 43.8 Å². The van der Waals surface area contributed by atoms with Gasteiger partial charge in [-0.3, -0.25) is 4.57 Å². The molecule has 2 N–H and O–H groups in total. The van der Waals surface area contributed by atoms with Gasteiger partial charge in [0, 0.05) is 23.8 Å².